The lowest BCUT2D eigenvalue weighted by Gasteiger charge is -2.16. The van der Waals surface area contributed by atoms with Crippen LogP contribution < -0.4 is 5.32 Å². The van der Waals surface area contributed by atoms with E-state index in [1.165, 1.54) is 5.56 Å². The van der Waals surface area contributed by atoms with Crippen LogP contribution >= 0.6 is 11.8 Å². The van der Waals surface area contributed by atoms with E-state index in [2.05, 4.69) is 24.4 Å². The van der Waals surface area contributed by atoms with Crippen molar-refractivity contribution in [1.29, 1.82) is 0 Å². The number of para-hydroxylation sites is 1. The molecule has 0 bridgehead atoms. The van der Waals surface area contributed by atoms with E-state index in [4.69, 9.17) is 0 Å². The van der Waals surface area contributed by atoms with Gasteiger partial charge in [-0.05, 0) is 23.6 Å². The van der Waals surface area contributed by atoms with Crippen LogP contribution in [-0.2, 0) is 0 Å². The van der Waals surface area contributed by atoms with Crippen molar-refractivity contribution in [3.05, 3.63) is 60.2 Å². The number of benzene rings is 2. The third-order valence-corrected chi connectivity index (χ3v) is 3.86. The molecule has 1 nitrogen and oxygen atoms in total. The van der Waals surface area contributed by atoms with Gasteiger partial charge >= 0.3 is 0 Å². The maximum Gasteiger partial charge on any atom is 0.288 e. The molecule has 0 heterocycles. The summed E-state index contributed by atoms with van der Waals surface area (Å²) in [6.07, 6.45) is 0. The van der Waals surface area contributed by atoms with Crippen molar-refractivity contribution in [2.45, 2.75) is 23.5 Å². The topological polar surface area (TPSA) is 12.0 Å². The van der Waals surface area contributed by atoms with E-state index in [0.29, 0.717) is 29.1 Å². The minimum absolute atomic E-state index is 0.320. The zero-order valence-electron chi connectivity index (χ0n) is 11.2. The molecule has 4 heteroatoms. The van der Waals surface area contributed by atoms with E-state index in [1.54, 1.807) is 12.1 Å². The summed E-state index contributed by atoms with van der Waals surface area (Å²) in [6, 6.07) is 17.3. The second kappa shape index (κ2) is 7.29. The summed E-state index contributed by atoms with van der Waals surface area (Å²) in [5.41, 5.74) is 2.00. The highest BCUT2D eigenvalue weighted by atomic mass is 32.2. The summed E-state index contributed by atoms with van der Waals surface area (Å²) in [6.45, 7) is 2.83. The van der Waals surface area contributed by atoms with Gasteiger partial charge in [-0.2, -0.15) is 8.78 Å². The van der Waals surface area contributed by atoms with E-state index in [-0.39, 0.29) is 0 Å². The molecule has 1 N–H and O–H groups in total. The zero-order valence-corrected chi connectivity index (χ0v) is 12.0. The summed E-state index contributed by atoms with van der Waals surface area (Å²) < 4.78 is 25.0. The number of nitrogens with one attached hydrogen (secondary N) is 1. The molecule has 0 aliphatic heterocycles. The molecule has 0 saturated carbocycles. The first-order valence-electron chi connectivity index (χ1n) is 6.49. The number of rotatable bonds is 6. The third kappa shape index (κ3) is 4.23. The summed E-state index contributed by atoms with van der Waals surface area (Å²) in [5, 5.41) is 3.26. The Labute approximate surface area is 122 Å². The van der Waals surface area contributed by atoms with Crippen LogP contribution in [0.25, 0.3) is 0 Å². The minimum atomic E-state index is -2.40. The van der Waals surface area contributed by atoms with Gasteiger partial charge in [-0.1, -0.05) is 61.2 Å². The van der Waals surface area contributed by atoms with Crippen molar-refractivity contribution in [1.82, 2.24) is 0 Å². The highest BCUT2D eigenvalue weighted by molar-refractivity contribution is 7.99. The smallest absolute Gasteiger partial charge is 0.288 e. The van der Waals surface area contributed by atoms with Crippen molar-refractivity contribution in [2.75, 3.05) is 11.9 Å². The van der Waals surface area contributed by atoms with Crippen LogP contribution in [0.4, 0.5) is 14.5 Å². The molecule has 0 aliphatic carbocycles. The van der Waals surface area contributed by atoms with E-state index >= 15 is 0 Å². The number of alkyl halides is 2. The quantitative estimate of drug-likeness (QED) is 0.733. The van der Waals surface area contributed by atoms with Gasteiger partial charge in [0.1, 0.15) is 0 Å². The molecule has 0 spiro atoms. The van der Waals surface area contributed by atoms with Crippen molar-refractivity contribution < 1.29 is 8.78 Å². The van der Waals surface area contributed by atoms with Gasteiger partial charge in [0, 0.05) is 17.1 Å². The lowest BCUT2D eigenvalue weighted by atomic mass is 10.0. The lowest BCUT2D eigenvalue weighted by molar-refractivity contribution is 0.252. The predicted molar refractivity (Wildman–Crippen MR) is 81.6 cm³/mol. The summed E-state index contributed by atoms with van der Waals surface area (Å²) in [5.74, 6) is -2.08. The average molecular weight is 293 g/mol. The molecule has 106 valence electrons. The van der Waals surface area contributed by atoms with Crippen LogP contribution in [0, 0.1) is 0 Å². The molecule has 0 aromatic heterocycles. The van der Waals surface area contributed by atoms with E-state index in [9.17, 15) is 8.78 Å². The number of anilines is 1. The molecular weight excluding hydrogens is 276 g/mol. The van der Waals surface area contributed by atoms with Crippen molar-refractivity contribution in [3.8, 4) is 0 Å². The SMILES string of the molecule is CC(CNc1ccccc1SC(F)F)c1ccccc1. The van der Waals surface area contributed by atoms with Gasteiger partial charge in [0.25, 0.3) is 5.76 Å². The summed E-state index contributed by atoms with van der Waals surface area (Å²) in [7, 11) is 0. The molecule has 2 aromatic rings. The van der Waals surface area contributed by atoms with Gasteiger partial charge < -0.3 is 5.32 Å². The molecule has 0 aliphatic rings. The molecular formula is C16H17F2NS. The first kappa shape index (κ1) is 14.9. The molecule has 0 fully saturated rings. The predicted octanol–water partition coefficient (Wildman–Crippen LogP) is 5.22. The Kier molecular flexibility index (Phi) is 5.41. The number of halogens is 2. The Hall–Kier alpha value is -1.55. The van der Waals surface area contributed by atoms with Gasteiger partial charge in [0.15, 0.2) is 0 Å². The fourth-order valence-corrected chi connectivity index (χ4v) is 2.59. The number of hydrogen-bond acceptors (Lipinski definition) is 2. The van der Waals surface area contributed by atoms with Crippen molar-refractivity contribution in [3.63, 3.8) is 0 Å². The number of hydrogen-bond donors (Lipinski definition) is 1. The summed E-state index contributed by atoms with van der Waals surface area (Å²) in [4.78, 5) is 0.586. The zero-order chi connectivity index (χ0) is 14.4. The maximum absolute atomic E-state index is 12.5. The fraction of sp³-hybridized carbons (Fsp3) is 0.250. The van der Waals surface area contributed by atoms with Crippen LogP contribution in [0.15, 0.2) is 59.5 Å². The van der Waals surface area contributed by atoms with Gasteiger partial charge in [-0.15, -0.1) is 0 Å². The Balaban J connectivity index is 2.00. The largest absolute Gasteiger partial charge is 0.384 e. The van der Waals surface area contributed by atoms with Gasteiger partial charge in [-0.25, -0.2) is 0 Å². The van der Waals surface area contributed by atoms with Crippen LogP contribution in [0.2, 0.25) is 0 Å². The fourth-order valence-electron chi connectivity index (χ4n) is 1.97. The minimum Gasteiger partial charge on any atom is -0.384 e. The van der Waals surface area contributed by atoms with E-state index in [1.807, 2.05) is 30.3 Å². The normalized spacial score (nSPS) is 12.4. The summed E-state index contributed by atoms with van der Waals surface area (Å²) >= 11 is 0.577. The highest BCUT2D eigenvalue weighted by Gasteiger charge is 2.10. The van der Waals surface area contributed by atoms with Crippen LogP contribution in [0.1, 0.15) is 18.4 Å². The van der Waals surface area contributed by atoms with Gasteiger partial charge in [-0.3, -0.25) is 0 Å². The second-order valence-electron chi connectivity index (χ2n) is 4.57. The van der Waals surface area contributed by atoms with Crippen LogP contribution in [0.5, 0.6) is 0 Å². The molecule has 0 saturated heterocycles. The number of thioether (sulfide) groups is 1. The van der Waals surface area contributed by atoms with Crippen molar-refractivity contribution >= 4 is 17.4 Å². The molecule has 1 unspecified atom stereocenters. The average Bonchev–Trinajstić information content (AvgIpc) is 2.46. The lowest BCUT2D eigenvalue weighted by Crippen LogP contribution is -2.10. The highest BCUT2D eigenvalue weighted by Crippen LogP contribution is 2.32. The van der Waals surface area contributed by atoms with E-state index in [0.717, 1.165) is 5.69 Å². The van der Waals surface area contributed by atoms with Crippen LogP contribution in [0.3, 0.4) is 0 Å². The van der Waals surface area contributed by atoms with Gasteiger partial charge in [0.2, 0.25) is 0 Å². The molecule has 20 heavy (non-hydrogen) atoms. The molecule has 1 atom stereocenters. The van der Waals surface area contributed by atoms with Crippen molar-refractivity contribution in [2.24, 2.45) is 0 Å². The molecule has 0 amide bonds. The molecule has 2 rings (SSSR count). The Morgan fingerprint density at radius 2 is 1.65 bits per heavy atom. The molecule has 0 radical (unpaired) electrons. The Bertz CT molecular complexity index is 531. The second-order valence-corrected chi connectivity index (χ2v) is 5.60. The maximum atomic E-state index is 12.5. The Morgan fingerprint density at radius 3 is 2.35 bits per heavy atom. The molecule has 2 aromatic carbocycles. The standard InChI is InChI=1S/C16H17F2NS/c1-12(13-7-3-2-4-8-13)11-19-14-9-5-6-10-15(14)20-16(17)18/h2-10,12,16,19H,11H2,1H3. The Morgan fingerprint density at radius 1 is 1.00 bits per heavy atom. The first-order chi connectivity index (χ1) is 9.66. The monoisotopic (exact) mass is 293 g/mol. The first-order valence-corrected chi connectivity index (χ1v) is 7.37. The van der Waals surface area contributed by atoms with Crippen LogP contribution in [-0.4, -0.2) is 12.3 Å². The van der Waals surface area contributed by atoms with Gasteiger partial charge in [0.05, 0.1) is 0 Å². The van der Waals surface area contributed by atoms with E-state index < -0.39 is 5.76 Å². The third-order valence-electron chi connectivity index (χ3n) is 3.07.